The first kappa shape index (κ1) is 25.1. The third kappa shape index (κ3) is 5.27. The van der Waals surface area contributed by atoms with Crippen molar-refractivity contribution in [2.45, 2.75) is 12.8 Å². The van der Waals surface area contributed by atoms with Crippen LogP contribution in [0.1, 0.15) is 23.2 Å². The van der Waals surface area contributed by atoms with Gasteiger partial charge in [0.2, 0.25) is 5.95 Å². The smallest absolute Gasteiger partial charge is 0.251 e. The van der Waals surface area contributed by atoms with Gasteiger partial charge < -0.3 is 30.5 Å². The SMILES string of the molecule is COc1cc2nc(N3CCC(CNC(=O)c4ccc(-c5ccc(O)cc5)cc4)CC3)nc(N)c2cc1OC. The Balaban J connectivity index is 1.17. The van der Waals surface area contributed by atoms with Crippen molar-refractivity contribution in [3.63, 3.8) is 0 Å². The van der Waals surface area contributed by atoms with E-state index in [1.165, 1.54) is 0 Å². The van der Waals surface area contributed by atoms with Gasteiger partial charge in [0.05, 0.1) is 19.7 Å². The number of aromatic nitrogens is 2. The van der Waals surface area contributed by atoms with Crippen molar-refractivity contribution < 1.29 is 19.4 Å². The van der Waals surface area contributed by atoms with Gasteiger partial charge in [-0.15, -0.1) is 0 Å². The van der Waals surface area contributed by atoms with Crippen LogP contribution in [0.5, 0.6) is 17.2 Å². The lowest BCUT2D eigenvalue weighted by Crippen LogP contribution is -2.39. The normalized spacial score (nSPS) is 13.9. The van der Waals surface area contributed by atoms with Crippen LogP contribution < -0.4 is 25.4 Å². The molecule has 1 aromatic heterocycles. The first-order valence-corrected chi connectivity index (χ1v) is 12.6. The van der Waals surface area contributed by atoms with Crippen molar-refractivity contribution in [2.24, 2.45) is 5.92 Å². The highest BCUT2D eigenvalue weighted by Crippen LogP contribution is 2.34. The third-order valence-corrected chi connectivity index (χ3v) is 7.02. The van der Waals surface area contributed by atoms with Gasteiger partial charge in [-0.2, -0.15) is 4.98 Å². The number of methoxy groups -OCH3 is 2. The average molecular weight is 514 g/mol. The van der Waals surface area contributed by atoms with Gasteiger partial charge in [-0.05, 0) is 60.2 Å². The zero-order valence-electron chi connectivity index (χ0n) is 21.5. The number of fused-ring (bicyclic) bond motifs is 1. The first-order chi connectivity index (χ1) is 18.4. The zero-order chi connectivity index (χ0) is 26.6. The van der Waals surface area contributed by atoms with Crippen LogP contribution >= 0.6 is 0 Å². The second-order valence-corrected chi connectivity index (χ2v) is 9.40. The molecule has 38 heavy (non-hydrogen) atoms. The fourth-order valence-corrected chi connectivity index (χ4v) is 4.75. The Morgan fingerprint density at radius 3 is 2.21 bits per heavy atom. The number of rotatable bonds is 7. The molecule has 1 aliphatic heterocycles. The number of nitrogens with one attached hydrogen (secondary N) is 1. The van der Waals surface area contributed by atoms with Gasteiger partial charge in [-0.1, -0.05) is 24.3 Å². The Bertz CT molecular complexity index is 1430. The molecular weight excluding hydrogens is 482 g/mol. The molecular formula is C29H31N5O4. The van der Waals surface area contributed by atoms with E-state index in [0.717, 1.165) is 42.4 Å². The first-order valence-electron chi connectivity index (χ1n) is 12.6. The topological polar surface area (TPSA) is 123 Å². The van der Waals surface area contributed by atoms with Gasteiger partial charge in [-0.3, -0.25) is 4.79 Å². The molecule has 0 bridgehead atoms. The maximum Gasteiger partial charge on any atom is 0.251 e. The number of hydrogen-bond donors (Lipinski definition) is 3. The van der Waals surface area contributed by atoms with Gasteiger partial charge in [0.15, 0.2) is 11.5 Å². The summed E-state index contributed by atoms with van der Waals surface area (Å²) in [5.41, 5.74) is 9.56. The monoisotopic (exact) mass is 513 g/mol. The van der Waals surface area contributed by atoms with E-state index < -0.39 is 0 Å². The van der Waals surface area contributed by atoms with Crippen LogP contribution in [0.4, 0.5) is 11.8 Å². The van der Waals surface area contributed by atoms with Crippen LogP contribution in [0.15, 0.2) is 60.7 Å². The minimum Gasteiger partial charge on any atom is -0.508 e. The summed E-state index contributed by atoms with van der Waals surface area (Å²) in [7, 11) is 3.17. The summed E-state index contributed by atoms with van der Waals surface area (Å²) in [6.45, 7) is 2.17. The molecule has 0 aliphatic carbocycles. The largest absolute Gasteiger partial charge is 0.508 e. The van der Waals surface area contributed by atoms with Gasteiger partial charge >= 0.3 is 0 Å². The van der Waals surface area contributed by atoms with Gasteiger partial charge in [0.25, 0.3) is 5.91 Å². The fraction of sp³-hybridized carbons (Fsp3) is 0.276. The molecule has 1 amide bonds. The highest BCUT2D eigenvalue weighted by molar-refractivity contribution is 5.94. The number of ether oxygens (including phenoxy) is 2. The van der Waals surface area contributed by atoms with E-state index in [4.69, 9.17) is 20.2 Å². The summed E-state index contributed by atoms with van der Waals surface area (Å²) >= 11 is 0. The van der Waals surface area contributed by atoms with Gasteiger partial charge in [-0.25, -0.2) is 4.98 Å². The van der Waals surface area contributed by atoms with Crippen molar-refractivity contribution in [1.82, 2.24) is 15.3 Å². The van der Waals surface area contributed by atoms with Crippen LogP contribution in [-0.2, 0) is 0 Å². The second-order valence-electron chi connectivity index (χ2n) is 9.40. The van der Waals surface area contributed by atoms with Crippen molar-refractivity contribution in [3.8, 4) is 28.4 Å². The lowest BCUT2D eigenvalue weighted by molar-refractivity contribution is 0.0945. The summed E-state index contributed by atoms with van der Waals surface area (Å²) in [4.78, 5) is 24.1. The minimum absolute atomic E-state index is 0.0836. The van der Waals surface area contributed by atoms with Crippen LogP contribution in [0.3, 0.4) is 0 Å². The van der Waals surface area contributed by atoms with Crippen LogP contribution in [0.25, 0.3) is 22.0 Å². The summed E-state index contributed by atoms with van der Waals surface area (Å²) in [6, 6.07) is 18.1. The van der Waals surface area contributed by atoms with Crippen molar-refractivity contribution in [3.05, 3.63) is 66.2 Å². The molecule has 2 heterocycles. The summed E-state index contributed by atoms with van der Waals surface area (Å²) in [5.74, 6) is 2.68. The van der Waals surface area contributed by atoms with E-state index in [9.17, 15) is 9.90 Å². The molecule has 0 spiro atoms. The Labute approximate surface area is 221 Å². The number of nitrogens with zero attached hydrogens (tertiary/aromatic N) is 3. The molecule has 3 aromatic carbocycles. The van der Waals surface area contributed by atoms with Crippen LogP contribution in [0, 0.1) is 5.92 Å². The predicted molar refractivity (Wildman–Crippen MR) is 148 cm³/mol. The predicted octanol–water partition coefficient (Wildman–Crippen LogP) is 4.25. The summed E-state index contributed by atoms with van der Waals surface area (Å²) in [6.07, 6.45) is 1.82. The lowest BCUT2D eigenvalue weighted by atomic mass is 9.96. The maximum absolute atomic E-state index is 12.7. The molecule has 0 unspecified atom stereocenters. The molecule has 5 rings (SSSR count). The van der Waals surface area contributed by atoms with Crippen molar-refractivity contribution in [2.75, 3.05) is 44.5 Å². The number of phenols is 1. The number of benzene rings is 3. The molecule has 1 fully saturated rings. The summed E-state index contributed by atoms with van der Waals surface area (Å²) in [5, 5.41) is 13.3. The number of amides is 1. The van der Waals surface area contributed by atoms with Crippen LogP contribution in [0.2, 0.25) is 0 Å². The molecule has 0 radical (unpaired) electrons. The number of carbonyl (C=O) groups is 1. The van der Waals surface area contributed by atoms with E-state index in [-0.39, 0.29) is 11.7 Å². The van der Waals surface area contributed by atoms with Crippen molar-refractivity contribution >= 4 is 28.6 Å². The standard InChI is InChI=1S/C29H31N5O4/c1-37-25-15-23-24(16-26(25)38-2)32-29(33-27(23)30)34-13-11-18(12-14-34)17-31-28(36)21-5-3-19(4-6-21)20-7-9-22(35)10-8-20/h3-10,15-16,18,35H,11-14,17H2,1-2H3,(H,31,36)(H2,30,32,33). The van der Waals surface area contributed by atoms with Gasteiger partial charge in [0.1, 0.15) is 11.6 Å². The van der Waals surface area contributed by atoms with E-state index in [1.807, 2.05) is 42.5 Å². The molecule has 0 atom stereocenters. The van der Waals surface area contributed by atoms with E-state index in [0.29, 0.717) is 46.8 Å². The van der Waals surface area contributed by atoms with Gasteiger partial charge in [0, 0.05) is 36.7 Å². The number of piperidine rings is 1. The average Bonchev–Trinajstić information content (AvgIpc) is 2.96. The molecule has 4 aromatic rings. The second kappa shape index (κ2) is 10.8. The lowest BCUT2D eigenvalue weighted by Gasteiger charge is -2.32. The molecule has 0 saturated carbocycles. The molecule has 9 nitrogen and oxygen atoms in total. The maximum atomic E-state index is 12.7. The van der Waals surface area contributed by atoms with E-state index >= 15 is 0 Å². The highest BCUT2D eigenvalue weighted by atomic mass is 16.5. The Kier molecular flexibility index (Phi) is 7.17. The number of phenolic OH excluding ortho intramolecular Hbond substituents is 1. The molecule has 1 saturated heterocycles. The Morgan fingerprint density at radius 1 is 0.974 bits per heavy atom. The third-order valence-electron chi connectivity index (χ3n) is 7.02. The van der Waals surface area contributed by atoms with Crippen LogP contribution in [-0.4, -0.2) is 54.8 Å². The molecule has 9 heteroatoms. The number of anilines is 2. The number of aromatic hydroxyl groups is 1. The number of hydrogen-bond acceptors (Lipinski definition) is 8. The highest BCUT2D eigenvalue weighted by Gasteiger charge is 2.23. The zero-order valence-corrected chi connectivity index (χ0v) is 21.5. The fourth-order valence-electron chi connectivity index (χ4n) is 4.75. The number of nitrogen functional groups attached to an aromatic ring is 1. The molecule has 1 aliphatic rings. The molecule has 196 valence electrons. The van der Waals surface area contributed by atoms with E-state index in [1.54, 1.807) is 32.4 Å². The number of nitrogens with two attached hydrogens (primary N) is 1. The minimum atomic E-state index is -0.0836. The Morgan fingerprint density at radius 2 is 1.58 bits per heavy atom. The summed E-state index contributed by atoms with van der Waals surface area (Å²) < 4.78 is 10.8. The number of carbonyl (C=O) groups excluding carboxylic acids is 1. The molecule has 4 N–H and O–H groups in total. The Hall–Kier alpha value is -4.53. The van der Waals surface area contributed by atoms with Crippen molar-refractivity contribution in [1.29, 1.82) is 0 Å². The quantitative estimate of drug-likeness (QED) is 0.335. The van der Waals surface area contributed by atoms with E-state index in [2.05, 4.69) is 15.2 Å².